The number of nitrogens with one attached hydrogen (secondary N) is 1. The quantitative estimate of drug-likeness (QED) is 0.384. The summed E-state index contributed by atoms with van der Waals surface area (Å²) in [5.74, 6) is -3.93. The van der Waals surface area contributed by atoms with Crippen molar-refractivity contribution in [3.8, 4) is 0 Å². The zero-order valence-corrected chi connectivity index (χ0v) is 22.1. The van der Waals surface area contributed by atoms with E-state index in [9.17, 15) is 19.2 Å². The number of ether oxygens (including phenoxy) is 4. The van der Waals surface area contributed by atoms with E-state index < -0.39 is 53.1 Å². The van der Waals surface area contributed by atoms with Crippen LogP contribution in [0.4, 0.5) is 4.79 Å². The molecule has 0 aliphatic carbocycles. The monoisotopic (exact) mass is 493 g/mol. The highest BCUT2D eigenvalue weighted by Crippen LogP contribution is 2.31. The molecule has 0 radical (unpaired) electrons. The Balaban J connectivity index is 3.70. The normalized spacial score (nSPS) is 14.2. The fourth-order valence-corrected chi connectivity index (χ4v) is 3.43. The van der Waals surface area contributed by atoms with Gasteiger partial charge >= 0.3 is 24.0 Å². The Hall–Kier alpha value is -3.10. The first-order valence-electron chi connectivity index (χ1n) is 11.7. The summed E-state index contributed by atoms with van der Waals surface area (Å²) in [6.45, 7) is 13.2. The molecule has 1 N–H and O–H groups in total. The number of esters is 3. The summed E-state index contributed by atoms with van der Waals surface area (Å²) in [6, 6.07) is 8.78. The van der Waals surface area contributed by atoms with Crippen LogP contribution in [0.2, 0.25) is 0 Å². The van der Waals surface area contributed by atoms with Crippen molar-refractivity contribution in [1.29, 1.82) is 0 Å². The van der Waals surface area contributed by atoms with Crippen molar-refractivity contribution >= 4 is 24.0 Å². The van der Waals surface area contributed by atoms with Crippen LogP contribution < -0.4 is 5.32 Å². The second-order valence-corrected chi connectivity index (χ2v) is 10.1. The molecule has 0 fully saturated rings. The van der Waals surface area contributed by atoms with E-state index in [4.69, 9.17) is 18.9 Å². The van der Waals surface area contributed by atoms with Gasteiger partial charge in [0.15, 0.2) is 5.54 Å². The van der Waals surface area contributed by atoms with E-state index in [0.717, 1.165) is 0 Å². The minimum atomic E-state index is -2.01. The average Bonchev–Trinajstić information content (AvgIpc) is 2.70. The summed E-state index contributed by atoms with van der Waals surface area (Å²) >= 11 is 0. The smallest absolute Gasteiger partial charge is 0.408 e. The third kappa shape index (κ3) is 9.96. The van der Waals surface area contributed by atoms with Gasteiger partial charge in [-0.15, -0.1) is 0 Å². The first-order valence-corrected chi connectivity index (χ1v) is 11.7. The number of amides is 1. The fourth-order valence-electron chi connectivity index (χ4n) is 3.43. The maximum absolute atomic E-state index is 13.5. The number of hydrogen-bond donors (Lipinski definition) is 1. The molecule has 9 heteroatoms. The minimum Gasteiger partial charge on any atom is -0.466 e. The molecule has 1 amide bonds. The molecule has 9 nitrogen and oxygen atoms in total. The number of hydrogen-bond acceptors (Lipinski definition) is 8. The maximum Gasteiger partial charge on any atom is 0.408 e. The molecule has 1 aromatic carbocycles. The summed E-state index contributed by atoms with van der Waals surface area (Å²) in [7, 11) is 0. The van der Waals surface area contributed by atoms with Crippen LogP contribution in [-0.2, 0) is 39.8 Å². The Bertz CT molecular complexity index is 870. The standard InChI is InChI=1S/C26H39NO8/c1-9-32-21(29)19(16-20(28)34-24(3,4)5)26(22(30)33-10-2,17-18-14-12-11-13-15-18)27-23(31)35-25(6,7)8/h11-15,19H,9-10,16-17H2,1-8H3,(H,27,31)/t19?,26-/m0/s1. The van der Waals surface area contributed by atoms with E-state index in [-0.39, 0.29) is 19.6 Å². The topological polar surface area (TPSA) is 117 Å². The number of benzene rings is 1. The van der Waals surface area contributed by atoms with Crippen LogP contribution >= 0.6 is 0 Å². The molecule has 0 aliphatic rings. The highest BCUT2D eigenvalue weighted by Gasteiger charge is 2.54. The fraction of sp³-hybridized carbons (Fsp3) is 0.615. The Morgan fingerprint density at radius 1 is 0.829 bits per heavy atom. The molecule has 1 rings (SSSR count). The lowest BCUT2D eigenvalue weighted by Crippen LogP contribution is -2.64. The van der Waals surface area contributed by atoms with Gasteiger partial charge in [0, 0.05) is 6.42 Å². The molecule has 196 valence electrons. The van der Waals surface area contributed by atoms with E-state index in [0.29, 0.717) is 5.56 Å². The van der Waals surface area contributed by atoms with Gasteiger partial charge in [-0.2, -0.15) is 0 Å². The van der Waals surface area contributed by atoms with Gasteiger partial charge in [-0.1, -0.05) is 30.3 Å². The molecular formula is C26H39NO8. The Kier molecular flexibility index (Phi) is 10.7. The van der Waals surface area contributed by atoms with E-state index in [1.54, 1.807) is 85.7 Å². The number of carbonyl (C=O) groups excluding carboxylic acids is 4. The third-order valence-electron chi connectivity index (χ3n) is 4.65. The van der Waals surface area contributed by atoms with Crippen molar-refractivity contribution in [2.24, 2.45) is 5.92 Å². The number of alkyl carbamates (subject to hydrolysis) is 1. The van der Waals surface area contributed by atoms with Gasteiger partial charge in [0.2, 0.25) is 0 Å². The molecule has 0 heterocycles. The Morgan fingerprint density at radius 3 is 1.86 bits per heavy atom. The van der Waals surface area contributed by atoms with Gasteiger partial charge in [0.05, 0.1) is 19.6 Å². The summed E-state index contributed by atoms with van der Waals surface area (Å²) in [4.78, 5) is 52.6. The largest absolute Gasteiger partial charge is 0.466 e. The summed E-state index contributed by atoms with van der Waals surface area (Å²) in [6.07, 6.45) is -1.63. The molecule has 2 atom stereocenters. The summed E-state index contributed by atoms with van der Waals surface area (Å²) in [5.41, 5.74) is -3.11. The van der Waals surface area contributed by atoms with Crippen LogP contribution in [0.3, 0.4) is 0 Å². The second kappa shape index (κ2) is 12.6. The molecule has 0 aliphatic heterocycles. The van der Waals surface area contributed by atoms with Gasteiger partial charge in [0.25, 0.3) is 0 Å². The van der Waals surface area contributed by atoms with Crippen molar-refractivity contribution < 1.29 is 38.1 Å². The summed E-state index contributed by atoms with van der Waals surface area (Å²) < 4.78 is 21.4. The molecule has 1 unspecified atom stereocenters. The Morgan fingerprint density at radius 2 is 1.37 bits per heavy atom. The highest BCUT2D eigenvalue weighted by atomic mass is 16.6. The highest BCUT2D eigenvalue weighted by molar-refractivity contribution is 5.94. The number of carbonyl (C=O) groups is 4. The first kappa shape index (κ1) is 29.9. The van der Waals surface area contributed by atoms with Crippen molar-refractivity contribution in [3.05, 3.63) is 35.9 Å². The molecule has 0 saturated heterocycles. The van der Waals surface area contributed by atoms with E-state index in [1.807, 2.05) is 0 Å². The van der Waals surface area contributed by atoms with Gasteiger partial charge in [-0.3, -0.25) is 9.59 Å². The molecular weight excluding hydrogens is 454 g/mol. The van der Waals surface area contributed by atoms with Gasteiger partial charge in [-0.25, -0.2) is 9.59 Å². The molecule has 0 aromatic heterocycles. The van der Waals surface area contributed by atoms with Crippen LogP contribution in [0.5, 0.6) is 0 Å². The van der Waals surface area contributed by atoms with Gasteiger partial charge in [-0.05, 0) is 61.0 Å². The predicted molar refractivity (Wildman–Crippen MR) is 129 cm³/mol. The average molecular weight is 494 g/mol. The van der Waals surface area contributed by atoms with Gasteiger partial charge in [0.1, 0.15) is 17.1 Å². The van der Waals surface area contributed by atoms with Gasteiger partial charge < -0.3 is 24.3 Å². The zero-order chi connectivity index (χ0) is 26.9. The number of rotatable bonds is 10. The lowest BCUT2D eigenvalue weighted by molar-refractivity contribution is -0.170. The molecule has 0 saturated carbocycles. The van der Waals surface area contributed by atoms with E-state index in [1.165, 1.54) is 0 Å². The lowest BCUT2D eigenvalue weighted by Gasteiger charge is -2.38. The van der Waals surface area contributed by atoms with E-state index in [2.05, 4.69) is 5.32 Å². The molecule has 0 bridgehead atoms. The van der Waals surface area contributed by atoms with Crippen LogP contribution in [0.25, 0.3) is 0 Å². The minimum absolute atomic E-state index is 0.000329. The lowest BCUT2D eigenvalue weighted by atomic mass is 9.76. The van der Waals surface area contributed by atoms with E-state index >= 15 is 0 Å². The van der Waals surface area contributed by atoms with Crippen LogP contribution in [-0.4, -0.2) is 54.0 Å². The first-order chi connectivity index (χ1) is 16.1. The zero-order valence-electron chi connectivity index (χ0n) is 22.1. The molecule has 1 aromatic rings. The SMILES string of the molecule is CCOC(=O)C(CC(=O)OC(C)(C)C)[C@](Cc1ccccc1)(NC(=O)OC(C)(C)C)C(=O)OCC. The van der Waals surface area contributed by atoms with Crippen molar-refractivity contribution in [1.82, 2.24) is 5.32 Å². The molecule has 35 heavy (non-hydrogen) atoms. The third-order valence-corrected chi connectivity index (χ3v) is 4.65. The summed E-state index contributed by atoms with van der Waals surface area (Å²) in [5, 5.41) is 2.58. The Labute approximate surface area is 207 Å². The van der Waals surface area contributed by atoms with Crippen LogP contribution in [0.15, 0.2) is 30.3 Å². The van der Waals surface area contributed by atoms with Crippen LogP contribution in [0, 0.1) is 5.92 Å². The van der Waals surface area contributed by atoms with Crippen molar-refractivity contribution in [3.63, 3.8) is 0 Å². The predicted octanol–water partition coefficient (Wildman–Crippen LogP) is 3.97. The van der Waals surface area contributed by atoms with Crippen molar-refractivity contribution in [2.45, 2.75) is 85.0 Å². The van der Waals surface area contributed by atoms with Crippen molar-refractivity contribution in [2.75, 3.05) is 13.2 Å². The maximum atomic E-state index is 13.5. The molecule has 0 spiro atoms. The second-order valence-electron chi connectivity index (χ2n) is 10.1. The van der Waals surface area contributed by atoms with Crippen LogP contribution in [0.1, 0.15) is 67.4 Å².